The molecule has 1 aromatic carbocycles. The lowest BCUT2D eigenvalue weighted by atomic mass is 10.0. The summed E-state index contributed by atoms with van der Waals surface area (Å²) in [6, 6.07) is 7.82. The molecule has 0 saturated heterocycles. The molecule has 2 N–H and O–H groups in total. The van der Waals surface area contributed by atoms with Gasteiger partial charge in [-0.05, 0) is 49.3 Å². The van der Waals surface area contributed by atoms with Crippen molar-refractivity contribution >= 4 is 22.5 Å². The van der Waals surface area contributed by atoms with Gasteiger partial charge in [0.1, 0.15) is 5.60 Å². The summed E-state index contributed by atoms with van der Waals surface area (Å²) in [6.45, 7) is 0. The smallest absolute Gasteiger partial charge is 0.256 e. The van der Waals surface area contributed by atoms with Gasteiger partial charge in [0.15, 0.2) is 0 Å². The van der Waals surface area contributed by atoms with E-state index in [1.807, 2.05) is 42.1 Å². The van der Waals surface area contributed by atoms with Gasteiger partial charge >= 0.3 is 0 Å². The molecule has 0 bridgehead atoms. The second-order valence-corrected chi connectivity index (χ2v) is 5.39. The second-order valence-electron chi connectivity index (χ2n) is 5.39. The zero-order valence-electron chi connectivity index (χ0n) is 11.0. The Morgan fingerprint density at radius 3 is 2.79 bits per heavy atom. The van der Waals surface area contributed by atoms with Crippen molar-refractivity contribution in [1.29, 1.82) is 0 Å². The van der Waals surface area contributed by atoms with Crippen LogP contribution in [0.3, 0.4) is 0 Å². The molecular formula is C15H18N2O2. The maximum Gasteiger partial charge on any atom is 0.256 e. The number of nitrogens with zero attached hydrogens (tertiary/aromatic N) is 1. The Kier molecular flexibility index (Phi) is 2.82. The van der Waals surface area contributed by atoms with Crippen molar-refractivity contribution in [2.75, 3.05) is 5.32 Å². The molecule has 0 aliphatic heterocycles. The van der Waals surface area contributed by atoms with Gasteiger partial charge in [0, 0.05) is 24.4 Å². The number of amides is 1. The van der Waals surface area contributed by atoms with Crippen molar-refractivity contribution in [3.8, 4) is 0 Å². The summed E-state index contributed by atoms with van der Waals surface area (Å²) in [5.41, 5.74) is 0.624. The van der Waals surface area contributed by atoms with E-state index in [0.29, 0.717) is 12.8 Å². The predicted molar refractivity (Wildman–Crippen MR) is 75.0 cm³/mol. The highest BCUT2D eigenvalue weighted by Gasteiger charge is 2.38. The number of aryl methyl sites for hydroxylation is 1. The summed E-state index contributed by atoms with van der Waals surface area (Å²) in [5, 5.41) is 14.2. The molecule has 1 fully saturated rings. The predicted octanol–water partition coefficient (Wildman–Crippen LogP) is 2.42. The third kappa shape index (κ3) is 2.12. The van der Waals surface area contributed by atoms with E-state index in [-0.39, 0.29) is 5.91 Å². The van der Waals surface area contributed by atoms with Crippen LogP contribution in [-0.2, 0) is 11.8 Å². The fourth-order valence-electron chi connectivity index (χ4n) is 2.77. The number of hydrogen-bond acceptors (Lipinski definition) is 2. The summed E-state index contributed by atoms with van der Waals surface area (Å²) in [7, 11) is 1.97. The summed E-state index contributed by atoms with van der Waals surface area (Å²) in [6.07, 6.45) is 4.94. The molecule has 1 saturated carbocycles. The van der Waals surface area contributed by atoms with Crippen molar-refractivity contribution in [2.24, 2.45) is 7.05 Å². The first-order valence-corrected chi connectivity index (χ1v) is 6.67. The number of anilines is 1. The molecule has 100 valence electrons. The molecule has 4 heteroatoms. The van der Waals surface area contributed by atoms with Crippen LogP contribution in [-0.4, -0.2) is 21.2 Å². The van der Waals surface area contributed by atoms with Gasteiger partial charge < -0.3 is 15.0 Å². The van der Waals surface area contributed by atoms with Crippen LogP contribution in [0.4, 0.5) is 5.69 Å². The Hall–Kier alpha value is -1.81. The Labute approximate surface area is 112 Å². The zero-order chi connectivity index (χ0) is 13.5. The number of hydrogen-bond donors (Lipinski definition) is 2. The van der Waals surface area contributed by atoms with E-state index in [1.54, 1.807) is 0 Å². The van der Waals surface area contributed by atoms with Crippen molar-refractivity contribution in [2.45, 2.75) is 31.3 Å². The first kappa shape index (κ1) is 12.2. The molecule has 1 heterocycles. The lowest BCUT2D eigenvalue weighted by Crippen LogP contribution is -2.40. The van der Waals surface area contributed by atoms with E-state index in [1.165, 1.54) is 0 Å². The van der Waals surface area contributed by atoms with E-state index < -0.39 is 5.60 Å². The molecule has 0 radical (unpaired) electrons. The van der Waals surface area contributed by atoms with Gasteiger partial charge in [0.25, 0.3) is 5.91 Å². The molecule has 0 unspecified atom stereocenters. The van der Waals surface area contributed by atoms with E-state index in [9.17, 15) is 9.90 Å². The lowest BCUT2D eigenvalue weighted by Gasteiger charge is -2.21. The third-order valence-corrected chi connectivity index (χ3v) is 4.00. The van der Waals surface area contributed by atoms with Gasteiger partial charge in [0.2, 0.25) is 0 Å². The van der Waals surface area contributed by atoms with Crippen LogP contribution < -0.4 is 5.32 Å². The Balaban J connectivity index is 1.84. The second kappa shape index (κ2) is 4.38. The van der Waals surface area contributed by atoms with Crippen LogP contribution in [0.5, 0.6) is 0 Å². The molecule has 3 rings (SSSR count). The monoisotopic (exact) mass is 258 g/mol. The van der Waals surface area contributed by atoms with Crippen LogP contribution >= 0.6 is 0 Å². The molecule has 0 atom stereocenters. The first-order valence-electron chi connectivity index (χ1n) is 6.67. The average molecular weight is 258 g/mol. The number of fused-ring (bicyclic) bond motifs is 1. The number of rotatable bonds is 2. The first-order chi connectivity index (χ1) is 9.08. The highest BCUT2D eigenvalue weighted by molar-refractivity contribution is 5.98. The standard InChI is InChI=1S/C15H18N2O2/c1-17-9-6-11-4-5-12(10-13(11)17)16-14(18)15(19)7-2-3-8-15/h4-6,9-10,19H,2-3,7-8H2,1H3,(H,16,18). The van der Waals surface area contributed by atoms with Crippen LogP contribution in [0, 0.1) is 0 Å². The van der Waals surface area contributed by atoms with Crippen molar-refractivity contribution in [1.82, 2.24) is 4.57 Å². The van der Waals surface area contributed by atoms with Crippen molar-refractivity contribution < 1.29 is 9.90 Å². The number of aromatic nitrogens is 1. The molecule has 1 aliphatic carbocycles. The van der Waals surface area contributed by atoms with E-state index in [4.69, 9.17) is 0 Å². The molecule has 19 heavy (non-hydrogen) atoms. The zero-order valence-corrected chi connectivity index (χ0v) is 11.0. The molecule has 1 aromatic heterocycles. The number of benzene rings is 1. The van der Waals surface area contributed by atoms with Gasteiger partial charge in [-0.3, -0.25) is 4.79 Å². The van der Waals surface area contributed by atoms with Crippen LogP contribution in [0.15, 0.2) is 30.5 Å². The van der Waals surface area contributed by atoms with Gasteiger partial charge in [-0.1, -0.05) is 6.07 Å². The van der Waals surface area contributed by atoms with Crippen LogP contribution in [0.1, 0.15) is 25.7 Å². The minimum atomic E-state index is -1.18. The van der Waals surface area contributed by atoms with E-state index in [0.717, 1.165) is 29.4 Å². The number of carbonyl (C=O) groups is 1. The maximum absolute atomic E-state index is 12.1. The number of nitrogens with one attached hydrogen (secondary N) is 1. The Morgan fingerprint density at radius 2 is 2.05 bits per heavy atom. The highest BCUT2D eigenvalue weighted by atomic mass is 16.3. The van der Waals surface area contributed by atoms with Gasteiger partial charge in [-0.2, -0.15) is 0 Å². The Bertz CT molecular complexity index is 624. The molecule has 0 spiro atoms. The van der Waals surface area contributed by atoms with Crippen molar-refractivity contribution in [3.63, 3.8) is 0 Å². The lowest BCUT2D eigenvalue weighted by molar-refractivity contribution is -0.133. The van der Waals surface area contributed by atoms with Crippen molar-refractivity contribution in [3.05, 3.63) is 30.5 Å². The number of carbonyl (C=O) groups excluding carboxylic acids is 1. The van der Waals surface area contributed by atoms with Crippen LogP contribution in [0.2, 0.25) is 0 Å². The van der Waals surface area contributed by atoms with Crippen LogP contribution in [0.25, 0.3) is 10.9 Å². The fraction of sp³-hybridized carbons (Fsp3) is 0.400. The summed E-state index contributed by atoms with van der Waals surface area (Å²) in [4.78, 5) is 12.1. The quantitative estimate of drug-likeness (QED) is 0.869. The maximum atomic E-state index is 12.1. The molecular weight excluding hydrogens is 240 g/mol. The van der Waals surface area contributed by atoms with Gasteiger partial charge in [-0.15, -0.1) is 0 Å². The molecule has 1 aliphatic rings. The van der Waals surface area contributed by atoms with E-state index in [2.05, 4.69) is 5.32 Å². The van der Waals surface area contributed by atoms with Gasteiger partial charge in [-0.25, -0.2) is 0 Å². The largest absolute Gasteiger partial charge is 0.380 e. The van der Waals surface area contributed by atoms with E-state index >= 15 is 0 Å². The minimum absolute atomic E-state index is 0.279. The fourth-order valence-corrected chi connectivity index (χ4v) is 2.77. The topological polar surface area (TPSA) is 54.3 Å². The summed E-state index contributed by atoms with van der Waals surface area (Å²) in [5.74, 6) is -0.279. The molecule has 4 nitrogen and oxygen atoms in total. The third-order valence-electron chi connectivity index (χ3n) is 4.00. The summed E-state index contributed by atoms with van der Waals surface area (Å²) < 4.78 is 2.01. The normalized spacial score (nSPS) is 17.8. The molecule has 2 aromatic rings. The van der Waals surface area contributed by atoms with Gasteiger partial charge in [0.05, 0.1) is 0 Å². The molecule has 1 amide bonds. The average Bonchev–Trinajstić information content (AvgIpc) is 2.98. The minimum Gasteiger partial charge on any atom is -0.380 e. The summed E-state index contributed by atoms with van der Waals surface area (Å²) >= 11 is 0. The number of aliphatic hydroxyl groups is 1. The Morgan fingerprint density at radius 1 is 1.32 bits per heavy atom. The SMILES string of the molecule is Cn1ccc2ccc(NC(=O)C3(O)CCCC3)cc21. The highest BCUT2D eigenvalue weighted by Crippen LogP contribution is 2.31.